The summed E-state index contributed by atoms with van der Waals surface area (Å²) in [6.07, 6.45) is 1.85. The zero-order chi connectivity index (χ0) is 25.6. The standard InChI is InChI=1S/C29H32N2O5S/c1-30-12-14-31(15-13-30)11-5-6-16-34-28-26(35-20-22-10-7-17-37-22)19-24(33)27-23(32)18-25(36-29(27)28)21-8-3-2-4-9-21/h2-4,7-10,17-19,33H,5-6,11-16,20H2,1H3. The zero-order valence-electron chi connectivity index (χ0n) is 21.0. The minimum absolute atomic E-state index is 0.0931. The molecule has 3 heterocycles. The summed E-state index contributed by atoms with van der Waals surface area (Å²) in [5, 5.41) is 12.8. The van der Waals surface area contributed by atoms with Gasteiger partial charge in [0.25, 0.3) is 0 Å². The Morgan fingerprint density at radius 2 is 1.81 bits per heavy atom. The second kappa shape index (κ2) is 11.8. The number of ether oxygens (including phenoxy) is 2. The molecule has 194 valence electrons. The summed E-state index contributed by atoms with van der Waals surface area (Å²) in [6, 6.07) is 16.2. The summed E-state index contributed by atoms with van der Waals surface area (Å²) in [4.78, 5) is 18.9. The SMILES string of the molecule is CN1CCN(CCCCOc2c(OCc3cccs3)cc(O)c3c(=O)cc(-c4ccccc4)oc23)CC1. The first-order chi connectivity index (χ1) is 18.1. The maximum absolute atomic E-state index is 13.1. The molecule has 0 unspecified atom stereocenters. The molecule has 1 saturated heterocycles. The Morgan fingerprint density at radius 3 is 2.57 bits per heavy atom. The fourth-order valence-corrected chi connectivity index (χ4v) is 5.10. The Morgan fingerprint density at radius 1 is 1.00 bits per heavy atom. The topological polar surface area (TPSA) is 75.4 Å². The molecule has 37 heavy (non-hydrogen) atoms. The van der Waals surface area contributed by atoms with Crippen LogP contribution in [-0.4, -0.2) is 61.3 Å². The van der Waals surface area contributed by atoms with Gasteiger partial charge in [-0.25, -0.2) is 0 Å². The molecule has 0 spiro atoms. The molecule has 1 fully saturated rings. The van der Waals surface area contributed by atoms with Gasteiger partial charge in [-0.2, -0.15) is 0 Å². The Labute approximate surface area is 220 Å². The number of benzene rings is 2. The molecule has 8 heteroatoms. The van der Waals surface area contributed by atoms with Gasteiger partial charge in [-0.1, -0.05) is 36.4 Å². The molecule has 0 atom stereocenters. The van der Waals surface area contributed by atoms with Crippen LogP contribution in [0.4, 0.5) is 0 Å². The van der Waals surface area contributed by atoms with Gasteiger partial charge in [-0.05, 0) is 37.9 Å². The highest BCUT2D eigenvalue weighted by Crippen LogP contribution is 2.42. The Balaban J connectivity index is 1.40. The highest BCUT2D eigenvalue weighted by Gasteiger charge is 2.21. The van der Waals surface area contributed by atoms with E-state index in [1.54, 1.807) is 11.3 Å². The van der Waals surface area contributed by atoms with E-state index in [1.807, 2.05) is 47.8 Å². The number of hydrogen-bond acceptors (Lipinski definition) is 8. The lowest BCUT2D eigenvalue weighted by Gasteiger charge is -2.32. The van der Waals surface area contributed by atoms with E-state index in [9.17, 15) is 9.90 Å². The lowest BCUT2D eigenvalue weighted by atomic mass is 10.1. The van der Waals surface area contributed by atoms with Crippen LogP contribution in [-0.2, 0) is 6.61 Å². The smallest absolute Gasteiger partial charge is 0.205 e. The number of unbranched alkanes of at least 4 members (excludes halogenated alkanes) is 1. The van der Waals surface area contributed by atoms with Gasteiger partial charge in [0.1, 0.15) is 23.5 Å². The highest BCUT2D eigenvalue weighted by molar-refractivity contribution is 7.09. The van der Waals surface area contributed by atoms with E-state index in [2.05, 4.69) is 16.8 Å². The third-order valence-corrected chi connectivity index (χ3v) is 7.47. The highest BCUT2D eigenvalue weighted by atomic mass is 32.1. The van der Waals surface area contributed by atoms with Gasteiger partial charge in [-0.15, -0.1) is 11.3 Å². The molecule has 1 aliphatic rings. The van der Waals surface area contributed by atoms with Crippen LogP contribution in [0.1, 0.15) is 17.7 Å². The summed E-state index contributed by atoms with van der Waals surface area (Å²) in [6.45, 7) is 6.19. The van der Waals surface area contributed by atoms with Crippen molar-refractivity contribution < 1.29 is 19.0 Å². The normalized spacial score (nSPS) is 14.7. The van der Waals surface area contributed by atoms with Crippen molar-refractivity contribution in [1.82, 2.24) is 9.80 Å². The largest absolute Gasteiger partial charge is 0.507 e. The van der Waals surface area contributed by atoms with Gasteiger partial charge < -0.3 is 28.8 Å². The quantitative estimate of drug-likeness (QED) is 0.288. The van der Waals surface area contributed by atoms with E-state index in [1.165, 1.54) is 12.1 Å². The predicted octanol–water partition coefficient (Wildman–Crippen LogP) is 5.21. The van der Waals surface area contributed by atoms with Crippen molar-refractivity contribution in [1.29, 1.82) is 0 Å². The number of phenols is 1. The number of aromatic hydroxyl groups is 1. The molecule has 2 aromatic carbocycles. The molecule has 0 radical (unpaired) electrons. The number of piperazine rings is 1. The van der Waals surface area contributed by atoms with Crippen molar-refractivity contribution in [3.63, 3.8) is 0 Å². The first kappa shape index (κ1) is 25.3. The number of rotatable bonds is 10. The van der Waals surface area contributed by atoms with Crippen molar-refractivity contribution in [2.75, 3.05) is 46.4 Å². The third kappa shape index (κ3) is 6.15. The van der Waals surface area contributed by atoms with Crippen molar-refractivity contribution in [3.8, 4) is 28.6 Å². The van der Waals surface area contributed by atoms with Crippen LogP contribution in [0.2, 0.25) is 0 Å². The second-order valence-corrected chi connectivity index (χ2v) is 10.4. The molecule has 0 amide bonds. The molecular weight excluding hydrogens is 488 g/mol. The van der Waals surface area contributed by atoms with Gasteiger partial charge in [0.15, 0.2) is 16.8 Å². The first-order valence-corrected chi connectivity index (χ1v) is 13.5. The molecule has 1 N–H and O–H groups in total. The van der Waals surface area contributed by atoms with E-state index in [-0.39, 0.29) is 22.1 Å². The maximum atomic E-state index is 13.1. The Kier molecular flexibility index (Phi) is 8.08. The summed E-state index contributed by atoms with van der Waals surface area (Å²) >= 11 is 1.59. The van der Waals surface area contributed by atoms with Crippen LogP contribution >= 0.6 is 11.3 Å². The van der Waals surface area contributed by atoms with Crippen LogP contribution in [0.15, 0.2) is 69.2 Å². The van der Waals surface area contributed by atoms with Crippen molar-refractivity contribution in [2.45, 2.75) is 19.4 Å². The molecule has 5 rings (SSSR count). The molecule has 1 aliphatic heterocycles. The number of phenolic OH excluding ortho intramolecular Hbond substituents is 1. The van der Waals surface area contributed by atoms with Gasteiger partial charge in [0, 0.05) is 48.8 Å². The number of nitrogens with zero attached hydrogens (tertiary/aromatic N) is 2. The van der Waals surface area contributed by atoms with Gasteiger partial charge in [-0.3, -0.25) is 4.79 Å². The van der Waals surface area contributed by atoms with Crippen molar-refractivity contribution in [2.24, 2.45) is 0 Å². The number of fused-ring (bicyclic) bond motifs is 1. The van der Waals surface area contributed by atoms with Crippen LogP contribution in [0.3, 0.4) is 0 Å². The average molecular weight is 521 g/mol. The van der Waals surface area contributed by atoms with Gasteiger partial charge in [0.2, 0.25) is 5.75 Å². The minimum atomic E-state index is -0.331. The zero-order valence-corrected chi connectivity index (χ0v) is 21.8. The van der Waals surface area contributed by atoms with Crippen molar-refractivity contribution in [3.05, 3.63) is 75.1 Å². The molecular formula is C29H32N2O5S. The molecule has 4 aromatic rings. The van der Waals surface area contributed by atoms with E-state index in [4.69, 9.17) is 13.9 Å². The molecule has 0 aliphatic carbocycles. The number of likely N-dealkylation sites (N-methyl/N-ethyl adjacent to an activating group) is 1. The third-order valence-electron chi connectivity index (χ3n) is 6.62. The van der Waals surface area contributed by atoms with E-state index in [0.29, 0.717) is 30.5 Å². The van der Waals surface area contributed by atoms with E-state index >= 15 is 0 Å². The van der Waals surface area contributed by atoms with Crippen LogP contribution in [0.5, 0.6) is 17.2 Å². The van der Waals surface area contributed by atoms with Gasteiger partial charge in [0.05, 0.1) is 6.61 Å². The number of thiophene rings is 1. The predicted molar refractivity (Wildman–Crippen MR) is 147 cm³/mol. The van der Waals surface area contributed by atoms with Crippen LogP contribution in [0, 0.1) is 0 Å². The van der Waals surface area contributed by atoms with Crippen molar-refractivity contribution >= 4 is 22.3 Å². The lowest BCUT2D eigenvalue weighted by Crippen LogP contribution is -2.44. The fourth-order valence-electron chi connectivity index (χ4n) is 4.49. The average Bonchev–Trinajstić information content (AvgIpc) is 3.43. The first-order valence-electron chi connectivity index (χ1n) is 12.7. The Hall–Kier alpha value is -3.33. The van der Waals surface area contributed by atoms with E-state index in [0.717, 1.165) is 56.0 Å². The minimum Gasteiger partial charge on any atom is -0.507 e. The van der Waals surface area contributed by atoms with Crippen LogP contribution < -0.4 is 14.9 Å². The monoisotopic (exact) mass is 520 g/mol. The molecule has 7 nitrogen and oxygen atoms in total. The van der Waals surface area contributed by atoms with Crippen LogP contribution in [0.25, 0.3) is 22.3 Å². The summed E-state index contributed by atoms with van der Waals surface area (Å²) in [5.41, 5.74) is 0.637. The second-order valence-electron chi connectivity index (χ2n) is 9.34. The van der Waals surface area contributed by atoms with E-state index < -0.39 is 0 Å². The maximum Gasteiger partial charge on any atom is 0.205 e. The summed E-state index contributed by atoms with van der Waals surface area (Å²) in [5.74, 6) is 0.921. The van der Waals surface area contributed by atoms with Gasteiger partial charge >= 0.3 is 0 Å². The summed E-state index contributed by atoms with van der Waals surface area (Å²) in [7, 11) is 2.16. The summed E-state index contributed by atoms with van der Waals surface area (Å²) < 4.78 is 18.5. The Bertz CT molecular complexity index is 1360. The number of hydrogen-bond donors (Lipinski definition) is 1. The molecule has 2 aromatic heterocycles. The lowest BCUT2D eigenvalue weighted by molar-refractivity contribution is 0.149. The molecule has 0 saturated carbocycles. The molecule has 0 bridgehead atoms. The fraction of sp³-hybridized carbons (Fsp3) is 0.345.